The fourth-order valence-electron chi connectivity index (χ4n) is 1.71. The van der Waals surface area contributed by atoms with Crippen LogP contribution in [0.2, 0.25) is 0 Å². The number of benzene rings is 1. The van der Waals surface area contributed by atoms with E-state index in [0.717, 1.165) is 30.5 Å². The Bertz CT molecular complexity index is 351. The summed E-state index contributed by atoms with van der Waals surface area (Å²) >= 11 is 3.34. The van der Waals surface area contributed by atoms with Crippen molar-refractivity contribution < 1.29 is 13.9 Å². The first-order valence-electron chi connectivity index (χ1n) is 5.41. The van der Waals surface area contributed by atoms with Crippen molar-refractivity contribution in [2.45, 2.75) is 12.8 Å². The second kappa shape index (κ2) is 5.64. The summed E-state index contributed by atoms with van der Waals surface area (Å²) in [4.78, 5) is 0. The lowest BCUT2D eigenvalue weighted by Crippen LogP contribution is -2.21. The Morgan fingerprint density at radius 3 is 2.88 bits per heavy atom. The normalized spacial score (nSPS) is 17.4. The van der Waals surface area contributed by atoms with Crippen LogP contribution in [0.3, 0.4) is 0 Å². The summed E-state index contributed by atoms with van der Waals surface area (Å²) in [7, 11) is 0. The Morgan fingerprint density at radius 1 is 1.38 bits per heavy atom. The molecule has 0 aromatic heterocycles. The molecule has 0 amide bonds. The zero-order chi connectivity index (χ0) is 11.4. The van der Waals surface area contributed by atoms with Crippen LogP contribution in [0.4, 0.5) is 4.39 Å². The molecule has 0 saturated carbocycles. The van der Waals surface area contributed by atoms with E-state index in [9.17, 15) is 4.39 Å². The Hall–Kier alpha value is -0.610. The van der Waals surface area contributed by atoms with E-state index in [1.165, 1.54) is 12.1 Å². The molecule has 4 heteroatoms. The van der Waals surface area contributed by atoms with Gasteiger partial charge in [0.25, 0.3) is 0 Å². The predicted octanol–water partition coefficient (Wildman–Crippen LogP) is 3.39. The van der Waals surface area contributed by atoms with E-state index in [-0.39, 0.29) is 5.82 Å². The first-order chi connectivity index (χ1) is 7.75. The van der Waals surface area contributed by atoms with Crippen LogP contribution in [0.15, 0.2) is 22.7 Å². The smallest absolute Gasteiger partial charge is 0.136 e. The average molecular weight is 289 g/mol. The predicted molar refractivity (Wildman–Crippen MR) is 63.1 cm³/mol. The monoisotopic (exact) mass is 288 g/mol. The van der Waals surface area contributed by atoms with Crippen molar-refractivity contribution in [3.05, 3.63) is 28.5 Å². The van der Waals surface area contributed by atoms with Gasteiger partial charge in [0.2, 0.25) is 0 Å². The summed E-state index contributed by atoms with van der Waals surface area (Å²) in [6, 6.07) is 4.48. The Morgan fingerprint density at radius 2 is 2.12 bits per heavy atom. The van der Waals surface area contributed by atoms with E-state index in [0.29, 0.717) is 18.3 Å². The van der Waals surface area contributed by atoms with Crippen molar-refractivity contribution in [3.63, 3.8) is 0 Å². The lowest BCUT2D eigenvalue weighted by molar-refractivity contribution is 0.0496. The number of halogens is 2. The summed E-state index contributed by atoms with van der Waals surface area (Å²) < 4.78 is 24.7. The molecule has 0 bridgehead atoms. The molecule has 1 aliphatic rings. The minimum Gasteiger partial charge on any atom is -0.492 e. The van der Waals surface area contributed by atoms with E-state index in [4.69, 9.17) is 9.47 Å². The topological polar surface area (TPSA) is 18.5 Å². The average Bonchev–Trinajstić information content (AvgIpc) is 2.32. The lowest BCUT2D eigenvalue weighted by Gasteiger charge is -2.22. The van der Waals surface area contributed by atoms with Gasteiger partial charge in [0.05, 0.1) is 11.1 Å². The van der Waals surface area contributed by atoms with E-state index in [2.05, 4.69) is 15.9 Å². The molecule has 0 spiro atoms. The third kappa shape index (κ3) is 3.19. The van der Waals surface area contributed by atoms with Crippen LogP contribution in [0.1, 0.15) is 12.8 Å². The quantitative estimate of drug-likeness (QED) is 0.849. The maximum absolute atomic E-state index is 13.0. The van der Waals surface area contributed by atoms with Crippen molar-refractivity contribution >= 4 is 15.9 Å². The van der Waals surface area contributed by atoms with Gasteiger partial charge in [-0.1, -0.05) is 0 Å². The molecule has 2 rings (SSSR count). The third-order valence-corrected chi connectivity index (χ3v) is 3.36. The second-order valence-electron chi connectivity index (χ2n) is 3.94. The molecule has 1 aromatic rings. The molecular formula is C12H14BrFO2. The standard InChI is InChI=1S/C12H14BrFO2/c13-11-2-1-10(14)7-12(11)16-8-9-3-5-15-6-4-9/h1-2,7,9H,3-6,8H2. The van der Waals surface area contributed by atoms with Gasteiger partial charge in [0.1, 0.15) is 11.6 Å². The summed E-state index contributed by atoms with van der Waals surface area (Å²) in [6.07, 6.45) is 2.04. The highest BCUT2D eigenvalue weighted by molar-refractivity contribution is 9.10. The van der Waals surface area contributed by atoms with Crippen LogP contribution in [0.25, 0.3) is 0 Å². The minimum absolute atomic E-state index is 0.273. The molecule has 0 aliphatic carbocycles. The van der Waals surface area contributed by atoms with Crippen molar-refractivity contribution in [1.29, 1.82) is 0 Å². The zero-order valence-corrected chi connectivity index (χ0v) is 10.5. The molecule has 1 aromatic carbocycles. The van der Waals surface area contributed by atoms with Gasteiger partial charge < -0.3 is 9.47 Å². The van der Waals surface area contributed by atoms with Crippen LogP contribution in [-0.4, -0.2) is 19.8 Å². The van der Waals surface area contributed by atoms with Crippen molar-refractivity contribution in [3.8, 4) is 5.75 Å². The Kier molecular flexibility index (Phi) is 4.18. The lowest BCUT2D eigenvalue weighted by atomic mass is 10.0. The van der Waals surface area contributed by atoms with Gasteiger partial charge in [-0.2, -0.15) is 0 Å². The molecule has 1 saturated heterocycles. The van der Waals surface area contributed by atoms with Gasteiger partial charge in [-0.05, 0) is 46.8 Å². The SMILES string of the molecule is Fc1ccc(Br)c(OCC2CCOCC2)c1. The minimum atomic E-state index is -0.273. The molecule has 0 unspecified atom stereocenters. The summed E-state index contributed by atoms with van der Waals surface area (Å²) in [5.74, 6) is 0.820. The molecule has 0 N–H and O–H groups in total. The summed E-state index contributed by atoms with van der Waals surface area (Å²) in [6.45, 7) is 2.24. The number of ether oxygens (including phenoxy) is 2. The molecule has 0 atom stereocenters. The van der Waals surface area contributed by atoms with Crippen LogP contribution in [0.5, 0.6) is 5.75 Å². The maximum atomic E-state index is 13.0. The highest BCUT2D eigenvalue weighted by Gasteiger charge is 2.15. The molecule has 0 radical (unpaired) electrons. The van der Waals surface area contributed by atoms with E-state index >= 15 is 0 Å². The van der Waals surface area contributed by atoms with Crippen LogP contribution in [-0.2, 0) is 4.74 Å². The third-order valence-electron chi connectivity index (χ3n) is 2.71. The highest BCUT2D eigenvalue weighted by Crippen LogP contribution is 2.26. The summed E-state index contributed by atoms with van der Waals surface area (Å²) in [5.41, 5.74) is 0. The first kappa shape index (κ1) is 11.9. The molecule has 16 heavy (non-hydrogen) atoms. The Labute approximate surface area is 103 Å². The fraction of sp³-hybridized carbons (Fsp3) is 0.500. The van der Waals surface area contributed by atoms with Gasteiger partial charge in [-0.25, -0.2) is 4.39 Å². The van der Waals surface area contributed by atoms with Crippen molar-refractivity contribution in [2.24, 2.45) is 5.92 Å². The molecule has 2 nitrogen and oxygen atoms in total. The van der Waals surface area contributed by atoms with Crippen LogP contribution < -0.4 is 4.74 Å². The van der Waals surface area contributed by atoms with Crippen molar-refractivity contribution in [2.75, 3.05) is 19.8 Å². The second-order valence-corrected chi connectivity index (χ2v) is 4.80. The largest absolute Gasteiger partial charge is 0.492 e. The maximum Gasteiger partial charge on any atom is 0.136 e. The van der Waals surface area contributed by atoms with Gasteiger partial charge in [-0.3, -0.25) is 0 Å². The molecule has 88 valence electrons. The first-order valence-corrected chi connectivity index (χ1v) is 6.20. The van der Waals surface area contributed by atoms with Crippen molar-refractivity contribution in [1.82, 2.24) is 0 Å². The van der Waals surface area contributed by atoms with E-state index in [1.807, 2.05) is 0 Å². The van der Waals surface area contributed by atoms with E-state index < -0.39 is 0 Å². The molecule has 1 heterocycles. The van der Waals surface area contributed by atoms with E-state index in [1.54, 1.807) is 6.07 Å². The number of hydrogen-bond acceptors (Lipinski definition) is 2. The van der Waals surface area contributed by atoms with Gasteiger partial charge in [0, 0.05) is 19.3 Å². The summed E-state index contributed by atoms with van der Waals surface area (Å²) in [5, 5.41) is 0. The highest BCUT2D eigenvalue weighted by atomic mass is 79.9. The number of rotatable bonds is 3. The molecule has 1 fully saturated rings. The Balaban J connectivity index is 1.90. The fourth-order valence-corrected chi connectivity index (χ4v) is 2.07. The van der Waals surface area contributed by atoms with Crippen LogP contribution in [0, 0.1) is 11.7 Å². The van der Waals surface area contributed by atoms with Gasteiger partial charge in [-0.15, -0.1) is 0 Å². The molecule has 1 aliphatic heterocycles. The van der Waals surface area contributed by atoms with Gasteiger partial charge in [0.15, 0.2) is 0 Å². The molecular weight excluding hydrogens is 275 g/mol. The van der Waals surface area contributed by atoms with Gasteiger partial charge >= 0.3 is 0 Å². The number of hydrogen-bond donors (Lipinski definition) is 0. The van der Waals surface area contributed by atoms with Crippen LogP contribution >= 0.6 is 15.9 Å². The zero-order valence-electron chi connectivity index (χ0n) is 8.92.